The zero-order chi connectivity index (χ0) is 22.5. The summed E-state index contributed by atoms with van der Waals surface area (Å²) >= 11 is 8.25. The number of thiophene rings is 1. The molecule has 1 aromatic carbocycles. The number of halogens is 1. The van der Waals surface area contributed by atoms with Gasteiger partial charge in [-0.1, -0.05) is 11.6 Å². The lowest BCUT2D eigenvalue weighted by atomic mass is 10.1. The van der Waals surface area contributed by atoms with Gasteiger partial charge >= 0.3 is 0 Å². The van der Waals surface area contributed by atoms with Gasteiger partial charge in [-0.05, 0) is 38.2 Å². The van der Waals surface area contributed by atoms with E-state index in [2.05, 4.69) is 57.6 Å². The minimum absolute atomic E-state index is 0.439. The van der Waals surface area contributed by atoms with E-state index in [-0.39, 0.29) is 0 Å². The Morgan fingerprint density at radius 2 is 1.91 bits per heavy atom. The summed E-state index contributed by atoms with van der Waals surface area (Å²) in [4.78, 5) is 20.2. The normalized spacial score (nSPS) is 19.5. The maximum atomic E-state index is 6.41. The standard InChI is InChI=1S/C24H26ClN7S/c1-14-12-27-23-19(13-26-14)33-18-6-5-16-15(22(18)23)3-4-17(28-16)24-29-20(25)11-21(30-24)32-9-7-31(2)8-10-32/h3-6,11,14,26-27H,7-10,12-13H2,1-2H3/t14-/m1/s1. The molecule has 2 aliphatic rings. The van der Waals surface area contributed by atoms with Crippen molar-refractivity contribution in [3.8, 4) is 11.5 Å². The summed E-state index contributed by atoms with van der Waals surface area (Å²) in [6.45, 7) is 7.88. The van der Waals surface area contributed by atoms with E-state index in [1.165, 1.54) is 20.7 Å². The lowest BCUT2D eigenvalue weighted by Crippen LogP contribution is -2.44. The van der Waals surface area contributed by atoms with Crippen LogP contribution >= 0.6 is 22.9 Å². The molecule has 5 heterocycles. The first-order valence-electron chi connectivity index (χ1n) is 11.4. The fourth-order valence-corrected chi connectivity index (χ4v) is 5.92. The summed E-state index contributed by atoms with van der Waals surface area (Å²) in [6.07, 6.45) is 0. The summed E-state index contributed by atoms with van der Waals surface area (Å²) in [6, 6.07) is 10.7. The van der Waals surface area contributed by atoms with E-state index in [0.29, 0.717) is 17.0 Å². The molecule has 0 unspecified atom stereocenters. The van der Waals surface area contributed by atoms with E-state index >= 15 is 0 Å². The molecule has 0 spiro atoms. The number of fused-ring (bicyclic) bond motifs is 5. The molecule has 33 heavy (non-hydrogen) atoms. The van der Waals surface area contributed by atoms with Crippen LogP contribution < -0.4 is 15.5 Å². The molecule has 0 saturated carbocycles. The van der Waals surface area contributed by atoms with Crippen molar-refractivity contribution < 1.29 is 0 Å². The monoisotopic (exact) mass is 479 g/mol. The number of piperazine rings is 1. The minimum Gasteiger partial charge on any atom is -0.382 e. The SMILES string of the molecule is C[C@@H]1CNc2c(sc3ccc4nc(-c5nc(Cl)cc(N6CCN(C)CC6)n5)ccc4c23)CN1. The van der Waals surface area contributed by atoms with E-state index < -0.39 is 0 Å². The molecule has 2 aliphatic heterocycles. The number of hydrogen-bond donors (Lipinski definition) is 2. The summed E-state index contributed by atoms with van der Waals surface area (Å²) in [5, 5.41) is 10.1. The Morgan fingerprint density at radius 3 is 2.76 bits per heavy atom. The van der Waals surface area contributed by atoms with Crippen molar-refractivity contribution in [2.75, 3.05) is 50.0 Å². The number of benzene rings is 1. The molecule has 0 aliphatic carbocycles. The molecule has 1 fully saturated rings. The Balaban J connectivity index is 1.41. The zero-order valence-corrected chi connectivity index (χ0v) is 20.3. The van der Waals surface area contributed by atoms with Crippen LogP contribution in [0.5, 0.6) is 0 Å². The minimum atomic E-state index is 0.439. The number of aromatic nitrogens is 3. The third-order valence-electron chi connectivity index (χ3n) is 6.53. The van der Waals surface area contributed by atoms with Gasteiger partial charge in [0.05, 0.1) is 11.2 Å². The number of anilines is 2. The largest absolute Gasteiger partial charge is 0.382 e. The van der Waals surface area contributed by atoms with Gasteiger partial charge in [0.2, 0.25) is 0 Å². The average molecular weight is 480 g/mol. The van der Waals surface area contributed by atoms with Crippen molar-refractivity contribution in [1.29, 1.82) is 0 Å². The molecule has 7 nitrogen and oxygen atoms in total. The Morgan fingerprint density at radius 1 is 1.06 bits per heavy atom. The molecule has 3 aromatic heterocycles. The Hall–Kier alpha value is -2.52. The molecule has 9 heteroatoms. The molecule has 2 N–H and O–H groups in total. The van der Waals surface area contributed by atoms with Gasteiger partial charge < -0.3 is 20.4 Å². The van der Waals surface area contributed by atoms with Gasteiger partial charge in [-0.15, -0.1) is 11.3 Å². The smallest absolute Gasteiger partial charge is 0.181 e. The lowest BCUT2D eigenvalue weighted by Gasteiger charge is -2.33. The topological polar surface area (TPSA) is 69.2 Å². The summed E-state index contributed by atoms with van der Waals surface area (Å²) < 4.78 is 1.28. The molecule has 170 valence electrons. The number of pyridine rings is 1. The van der Waals surface area contributed by atoms with Gasteiger partial charge in [-0.25, -0.2) is 15.0 Å². The predicted molar refractivity (Wildman–Crippen MR) is 138 cm³/mol. The highest BCUT2D eigenvalue weighted by atomic mass is 35.5. The van der Waals surface area contributed by atoms with Gasteiger partial charge in [0, 0.05) is 71.7 Å². The number of likely N-dealkylation sites (N-methyl/N-ethyl adjacent to an activating group) is 1. The summed E-state index contributed by atoms with van der Waals surface area (Å²) in [5.41, 5.74) is 2.92. The van der Waals surface area contributed by atoms with Crippen LogP contribution in [0.1, 0.15) is 11.8 Å². The summed E-state index contributed by atoms with van der Waals surface area (Å²) in [5.74, 6) is 1.43. The lowest BCUT2D eigenvalue weighted by molar-refractivity contribution is 0.312. The van der Waals surface area contributed by atoms with Crippen LogP contribution in [0.2, 0.25) is 5.15 Å². The van der Waals surface area contributed by atoms with Crippen LogP contribution in [0.4, 0.5) is 11.5 Å². The number of nitrogens with one attached hydrogen (secondary N) is 2. The molecule has 0 bridgehead atoms. The highest BCUT2D eigenvalue weighted by Crippen LogP contribution is 2.41. The average Bonchev–Trinajstić information content (AvgIpc) is 3.09. The first kappa shape index (κ1) is 21.0. The Bertz CT molecular complexity index is 1350. The van der Waals surface area contributed by atoms with Crippen LogP contribution in [-0.4, -0.2) is 65.7 Å². The summed E-state index contributed by atoms with van der Waals surface area (Å²) in [7, 11) is 2.14. The zero-order valence-electron chi connectivity index (χ0n) is 18.7. The highest BCUT2D eigenvalue weighted by Gasteiger charge is 2.21. The van der Waals surface area contributed by atoms with E-state index in [1.54, 1.807) is 0 Å². The van der Waals surface area contributed by atoms with Crippen LogP contribution in [0.3, 0.4) is 0 Å². The predicted octanol–water partition coefficient (Wildman–Crippen LogP) is 4.22. The molecule has 6 rings (SSSR count). The van der Waals surface area contributed by atoms with E-state index in [1.807, 2.05) is 23.5 Å². The first-order valence-corrected chi connectivity index (χ1v) is 12.6. The fourth-order valence-electron chi connectivity index (χ4n) is 4.60. The van der Waals surface area contributed by atoms with Gasteiger partial charge in [0.1, 0.15) is 16.7 Å². The Kier molecular flexibility index (Phi) is 5.33. The van der Waals surface area contributed by atoms with Gasteiger partial charge in [-0.3, -0.25) is 0 Å². The molecule has 0 amide bonds. The van der Waals surface area contributed by atoms with Gasteiger partial charge in [0.25, 0.3) is 0 Å². The molecule has 0 radical (unpaired) electrons. The van der Waals surface area contributed by atoms with Crippen molar-refractivity contribution in [3.05, 3.63) is 40.4 Å². The van der Waals surface area contributed by atoms with Gasteiger partial charge in [0.15, 0.2) is 5.82 Å². The van der Waals surface area contributed by atoms with Gasteiger partial charge in [-0.2, -0.15) is 0 Å². The van der Waals surface area contributed by atoms with E-state index in [4.69, 9.17) is 21.6 Å². The second kappa shape index (κ2) is 8.36. The maximum absolute atomic E-state index is 6.41. The van der Waals surface area contributed by atoms with Crippen LogP contribution in [0, 0.1) is 0 Å². The van der Waals surface area contributed by atoms with Crippen molar-refractivity contribution >= 4 is 55.4 Å². The third-order valence-corrected chi connectivity index (χ3v) is 7.88. The van der Waals surface area contributed by atoms with Crippen LogP contribution in [0.15, 0.2) is 30.3 Å². The molecule has 1 atom stereocenters. The second-order valence-electron chi connectivity index (χ2n) is 8.93. The van der Waals surface area contributed by atoms with E-state index in [0.717, 1.165) is 61.7 Å². The third kappa shape index (κ3) is 3.91. The van der Waals surface area contributed by atoms with Crippen LogP contribution in [0.25, 0.3) is 32.5 Å². The second-order valence-corrected chi connectivity index (χ2v) is 10.5. The maximum Gasteiger partial charge on any atom is 0.181 e. The van der Waals surface area contributed by atoms with Crippen molar-refractivity contribution in [2.45, 2.75) is 19.5 Å². The molecule has 1 saturated heterocycles. The first-order chi connectivity index (χ1) is 16.0. The molecular weight excluding hydrogens is 454 g/mol. The van der Waals surface area contributed by atoms with Crippen molar-refractivity contribution in [2.24, 2.45) is 0 Å². The van der Waals surface area contributed by atoms with E-state index in [9.17, 15) is 0 Å². The highest BCUT2D eigenvalue weighted by molar-refractivity contribution is 7.20. The quantitative estimate of drug-likeness (QED) is 0.417. The van der Waals surface area contributed by atoms with Crippen LogP contribution in [-0.2, 0) is 6.54 Å². The van der Waals surface area contributed by atoms with Crippen molar-refractivity contribution in [1.82, 2.24) is 25.2 Å². The number of rotatable bonds is 2. The number of nitrogens with zero attached hydrogens (tertiary/aromatic N) is 5. The molecule has 4 aromatic rings. The van der Waals surface area contributed by atoms with Crippen molar-refractivity contribution in [3.63, 3.8) is 0 Å². The molecular formula is C24H26ClN7S. The Labute approximate surface area is 201 Å². The fraction of sp³-hybridized carbons (Fsp3) is 0.375. The number of hydrogen-bond acceptors (Lipinski definition) is 8.